The molecule has 0 unspecified atom stereocenters. The molecule has 5 rings (SSSR count). The SMILES string of the molecule is Nc1c(C(=O)NCc2ccc(F)cc2)c2nc3ccccc3nc2n1/N=C/c1cccnc1. The fourth-order valence-corrected chi connectivity index (χ4v) is 3.44. The highest BCUT2D eigenvalue weighted by molar-refractivity contribution is 6.10. The topological polar surface area (TPSA) is 111 Å². The number of carbonyl (C=O) groups excluding carboxylic acids is 1. The highest BCUT2D eigenvalue weighted by atomic mass is 19.1. The van der Waals surface area contributed by atoms with Gasteiger partial charge in [-0.2, -0.15) is 9.78 Å². The summed E-state index contributed by atoms with van der Waals surface area (Å²) in [4.78, 5) is 26.5. The number of fused-ring (bicyclic) bond motifs is 2. The predicted molar refractivity (Wildman–Crippen MR) is 124 cm³/mol. The van der Waals surface area contributed by atoms with E-state index in [4.69, 9.17) is 5.73 Å². The number of halogens is 1. The minimum atomic E-state index is -0.429. The Morgan fingerprint density at radius 2 is 1.82 bits per heavy atom. The summed E-state index contributed by atoms with van der Waals surface area (Å²) in [5.74, 6) is -0.662. The summed E-state index contributed by atoms with van der Waals surface area (Å²) < 4.78 is 14.6. The molecular formula is C24H18FN7O. The largest absolute Gasteiger partial charge is 0.383 e. The van der Waals surface area contributed by atoms with E-state index < -0.39 is 5.91 Å². The first-order valence-corrected chi connectivity index (χ1v) is 10.1. The molecule has 0 aliphatic carbocycles. The lowest BCUT2D eigenvalue weighted by atomic mass is 10.2. The third-order valence-electron chi connectivity index (χ3n) is 5.07. The van der Waals surface area contributed by atoms with Crippen LogP contribution in [-0.2, 0) is 6.54 Å². The lowest BCUT2D eigenvalue weighted by Gasteiger charge is -2.06. The second kappa shape index (κ2) is 8.46. The van der Waals surface area contributed by atoms with Crippen molar-refractivity contribution in [3.8, 4) is 0 Å². The van der Waals surface area contributed by atoms with Crippen molar-refractivity contribution >= 4 is 40.1 Å². The van der Waals surface area contributed by atoms with Crippen LogP contribution in [0.2, 0.25) is 0 Å². The minimum Gasteiger partial charge on any atom is -0.383 e. The average Bonchev–Trinajstić information content (AvgIpc) is 3.11. The van der Waals surface area contributed by atoms with Crippen LogP contribution in [0.4, 0.5) is 10.2 Å². The van der Waals surface area contributed by atoms with Gasteiger partial charge >= 0.3 is 0 Å². The average molecular weight is 439 g/mol. The molecular weight excluding hydrogens is 421 g/mol. The zero-order valence-electron chi connectivity index (χ0n) is 17.3. The number of carbonyl (C=O) groups is 1. The van der Waals surface area contributed by atoms with Gasteiger partial charge < -0.3 is 11.1 Å². The minimum absolute atomic E-state index is 0.108. The van der Waals surface area contributed by atoms with Crippen molar-refractivity contribution in [1.82, 2.24) is 24.9 Å². The highest BCUT2D eigenvalue weighted by Gasteiger charge is 2.24. The Morgan fingerprint density at radius 1 is 1.06 bits per heavy atom. The lowest BCUT2D eigenvalue weighted by Crippen LogP contribution is -2.23. The van der Waals surface area contributed by atoms with Crippen LogP contribution in [0.1, 0.15) is 21.5 Å². The Bertz CT molecular complexity index is 1490. The van der Waals surface area contributed by atoms with Gasteiger partial charge in [0.15, 0.2) is 5.65 Å². The van der Waals surface area contributed by atoms with E-state index in [0.717, 1.165) is 11.1 Å². The molecule has 0 bridgehead atoms. The van der Waals surface area contributed by atoms with Crippen LogP contribution in [-0.4, -0.2) is 31.7 Å². The molecule has 0 spiro atoms. The summed E-state index contributed by atoms with van der Waals surface area (Å²) in [5, 5.41) is 7.26. The van der Waals surface area contributed by atoms with Crippen molar-refractivity contribution in [3.63, 3.8) is 0 Å². The number of hydrogen-bond donors (Lipinski definition) is 2. The molecule has 2 aromatic carbocycles. The molecule has 8 nitrogen and oxygen atoms in total. The summed E-state index contributed by atoms with van der Waals surface area (Å²) in [6, 6.07) is 16.9. The van der Waals surface area contributed by atoms with Crippen LogP contribution in [0.5, 0.6) is 0 Å². The van der Waals surface area contributed by atoms with Gasteiger partial charge in [-0.25, -0.2) is 14.4 Å². The second-order valence-electron chi connectivity index (χ2n) is 7.30. The molecule has 5 aromatic rings. The predicted octanol–water partition coefficient (Wildman–Crippen LogP) is 3.51. The van der Waals surface area contributed by atoms with Gasteiger partial charge in [0.1, 0.15) is 22.7 Å². The van der Waals surface area contributed by atoms with Crippen LogP contribution < -0.4 is 11.1 Å². The second-order valence-corrected chi connectivity index (χ2v) is 7.30. The van der Waals surface area contributed by atoms with E-state index in [0.29, 0.717) is 22.2 Å². The number of nitrogens with zero attached hydrogens (tertiary/aromatic N) is 5. The van der Waals surface area contributed by atoms with E-state index >= 15 is 0 Å². The number of amides is 1. The van der Waals surface area contributed by atoms with Gasteiger partial charge in [0.05, 0.1) is 17.2 Å². The quantitative estimate of drug-likeness (QED) is 0.407. The van der Waals surface area contributed by atoms with Crippen LogP contribution in [0, 0.1) is 5.82 Å². The Labute approximate surface area is 187 Å². The van der Waals surface area contributed by atoms with Gasteiger partial charge in [0.2, 0.25) is 0 Å². The summed E-state index contributed by atoms with van der Waals surface area (Å²) in [6.45, 7) is 0.200. The first-order valence-electron chi connectivity index (χ1n) is 10.1. The smallest absolute Gasteiger partial charge is 0.257 e. The molecule has 1 amide bonds. The molecule has 33 heavy (non-hydrogen) atoms. The fraction of sp³-hybridized carbons (Fsp3) is 0.0417. The van der Waals surface area contributed by atoms with Gasteiger partial charge in [-0.3, -0.25) is 9.78 Å². The number of rotatable bonds is 5. The first kappa shape index (κ1) is 20.3. The zero-order chi connectivity index (χ0) is 22.8. The molecule has 0 fully saturated rings. The molecule has 0 saturated carbocycles. The molecule has 3 N–H and O–H groups in total. The number of benzene rings is 2. The molecule has 3 aromatic heterocycles. The summed E-state index contributed by atoms with van der Waals surface area (Å²) in [7, 11) is 0. The first-order chi connectivity index (χ1) is 16.1. The standard InChI is InChI=1S/C24H18FN7O/c25-17-9-7-15(8-10-17)13-28-24(33)20-21-23(31-19-6-2-1-5-18(19)30-21)32(22(20)26)29-14-16-4-3-11-27-12-16/h1-12,14H,13,26H2,(H,28,33)/b29-14+. The van der Waals surface area contributed by atoms with Crippen molar-refractivity contribution in [2.75, 3.05) is 5.73 Å². The highest BCUT2D eigenvalue weighted by Crippen LogP contribution is 2.28. The number of para-hydroxylation sites is 2. The van der Waals surface area contributed by atoms with E-state index in [1.807, 2.05) is 30.3 Å². The Hall–Kier alpha value is -4.66. The zero-order valence-corrected chi connectivity index (χ0v) is 17.3. The molecule has 3 heterocycles. The van der Waals surface area contributed by atoms with Crippen molar-refractivity contribution < 1.29 is 9.18 Å². The van der Waals surface area contributed by atoms with Gasteiger partial charge in [0, 0.05) is 24.5 Å². The van der Waals surface area contributed by atoms with Gasteiger partial charge in [-0.1, -0.05) is 30.3 Å². The number of pyridine rings is 1. The molecule has 9 heteroatoms. The summed E-state index contributed by atoms with van der Waals surface area (Å²) in [5.41, 5.74) is 10.0. The maximum atomic E-state index is 13.2. The summed E-state index contributed by atoms with van der Waals surface area (Å²) in [6.07, 6.45) is 4.90. The van der Waals surface area contributed by atoms with E-state index in [9.17, 15) is 9.18 Å². The van der Waals surface area contributed by atoms with Crippen molar-refractivity contribution in [3.05, 3.63) is 95.6 Å². The van der Waals surface area contributed by atoms with Crippen LogP contribution in [0.25, 0.3) is 22.2 Å². The van der Waals surface area contributed by atoms with Crippen molar-refractivity contribution in [2.24, 2.45) is 5.10 Å². The van der Waals surface area contributed by atoms with E-state index in [1.54, 1.807) is 36.8 Å². The molecule has 0 radical (unpaired) electrons. The molecule has 0 saturated heterocycles. The van der Waals surface area contributed by atoms with Gasteiger partial charge in [-0.15, -0.1) is 0 Å². The third kappa shape index (κ3) is 3.99. The van der Waals surface area contributed by atoms with E-state index in [1.165, 1.54) is 16.8 Å². The van der Waals surface area contributed by atoms with Crippen LogP contribution in [0.15, 0.2) is 78.2 Å². The summed E-state index contributed by atoms with van der Waals surface area (Å²) >= 11 is 0. The maximum Gasteiger partial charge on any atom is 0.257 e. The van der Waals surface area contributed by atoms with Crippen molar-refractivity contribution in [1.29, 1.82) is 0 Å². The van der Waals surface area contributed by atoms with Crippen LogP contribution >= 0.6 is 0 Å². The normalized spacial score (nSPS) is 11.4. The monoisotopic (exact) mass is 439 g/mol. The number of hydrogen-bond acceptors (Lipinski definition) is 6. The number of nitrogens with two attached hydrogens (primary N) is 1. The molecule has 162 valence electrons. The van der Waals surface area contributed by atoms with E-state index in [2.05, 4.69) is 25.4 Å². The van der Waals surface area contributed by atoms with Gasteiger partial charge in [-0.05, 0) is 35.9 Å². The number of aromatic nitrogens is 4. The Morgan fingerprint density at radius 3 is 2.55 bits per heavy atom. The Balaban J connectivity index is 1.58. The number of nitrogen functional groups attached to an aromatic ring is 1. The third-order valence-corrected chi connectivity index (χ3v) is 5.07. The van der Waals surface area contributed by atoms with Crippen LogP contribution in [0.3, 0.4) is 0 Å². The van der Waals surface area contributed by atoms with E-state index in [-0.39, 0.29) is 23.7 Å². The Kier molecular flexibility index (Phi) is 5.19. The van der Waals surface area contributed by atoms with Gasteiger partial charge in [0.25, 0.3) is 5.91 Å². The molecule has 0 atom stereocenters. The fourth-order valence-electron chi connectivity index (χ4n) is 3.44. The molecule has 0 aliphatic heterocycles. The lowest BCUT2D eigenvalue weighted by molar-refractivity contribution is 0.0953. The molecule has 0 aliphatic rings. The van der Waals surface area contributed by atoms with Crippen molar-refractivity contribution in [2.45, 2.75) is 6.54 Å². The maximum absolute atomic E-state index is 13.2. The number of anilines is 1. The number of nitrogens with one attached hydrogen (secondary N) is 1.